The molecule has 0 aromatic heterocycles. The van der Waals surface area contributed by atoms with Gasteiger partial charge in [-0.05, 0) is 31.5 Å². The standard InChI is InChI=1S/C17H20F2N2O4S/c1-16(2)15(20)21-17(9-26(16,23)24)5-6-25-13-4-3-10(7-11(13)17)8-12(22)14(18)19/h3-4,7,14H,5-6,8-9H2,1-2H3,(H2,20,21)/t17-/m0/s1. The third-order valence-electron chi connectivity index (χ3n) is 5.10. The molecule has 1 spiro atoms. The molecule has 26 heavy (non-hydrogen) atoms. The van der Waals surface area contributed by atoms with Gasteiger partial charge in [-0.3, -0.25) is 9.79 Å². The lowest BCUT2D eigenvalue weighted by Crippen LogP contribution is -2.56. The van der Waals surface area contributed by atoms with Crippen molar-refractivity contribution in [2.45, 2.75) is 43.4 Å². The SMILES string of the molecule is CC1(C)C(N)=N[C@@]2(CCOc3ccc(CC(=O)C(F)F)cc32)CS1(=O)=O. The molecule has 2 aliphatic heterocycles. The summed E-state index contributed by atoms with van der Waals surface area (Å²) in [5, 5.41) is 0. The maximum absolute atomic E-state index is 12.8. The Morgan fingerprint density at radius 1 is 1.38 bits per heavy atom. The number of halogens is 2. The molecule has 9 heteroatoms. The van der Waals surface area contributed by atoms with E-state index >= 15 is 0 Å². The van der Waals surface area contributed by atoms with Crippen LogP contribution in [0.15, 0.2) is 23.2 Å². The van der Waals surface area contributed by atoms with E-state index in [1.807, 2.05) is 0 Å². The summed E-state index contributed by atoms with van der Waals surface area (Å²) >= 11 is 0. The molecule has 0 saturated heterocycles. The van der Waals surface area contributed by atoms with Gasteiger partial charge in [-0.25, -0.2) is 17.2 Å². The van der Waals surface area contributed by atoms with Crippen molar-refractivity contribution in [3.8, 4) is 5.75 Å². The zero-order chi connectivity index (χ0) is 19.3. The van der Waals surface area contributed by atoms with Crippen molar-refractivity contribution in [3.05, 3.63) is 29.3 Å². The Labute approximate surface area is 150 Å². The van der Waals surface area contributed by atoms with E-state index in [4.69, 9.17) is 10.5 Å². The second-order valence-corrected chi connectivity index (χ2v) is 9.71. The Hall–Kier alpha value is -2.03. The van der Waals surface area contributed by atoms with Crippen molar-refractivity contribution >= 4 is 21.5 Å². The number of carbonyl (C=O) groups excluding carboxylic acids is 1. The smallest absolute Gasteiger partial charge is 0.296 e. The van der Waals surface area contributed by atoms with Crippen LogP contribution >= 0.6 is 0 Å². The number of rotatable bonds is 3. The molecule has 1 atom stereocenters. The Morgan fingerprint density at radius 2 is 2.08 bits per heavy atom. The molecule has 2 heterocycles. The van der Waals surface area contributed by atoms with E-state index in [2.05, 4.69) is 4.99 Å². The van der Waals surface area contributed by atoms with Crippen LogP contribution in [-0.2, 0) is 26.6 Å². The maximum Gasteiger partial charge on any atom is 0.296 e. The lowest BCUT2D eigenvalue weighted by molar-refractivity contribution is -0.128. The van der Waals surface area contributed by atoms with Crippen LogP contribution in [0.3, 0.4) is 0 Å². The number of sulfone groups is 1. The van der Waals surface area contributed by atoms with E-state index in [1.165, 1.54) is 26.0 Å². The fourth-order valence-electron chi connectivity index (χ4n) is 3.24. The highest BCUT2D eigenvalue weighted by atomic mass is 32.2. The summed E-state index contributed by atoms with van der Waals surface area (Å²) in [5.41, 5.74) is 5.68. The summed E-state index contributed by atoms with van der Waals surface area (Å²) in [5.74, 6) is -1.02. The van der Waals surface area contributed by atoms with Crippen molar-refractivity contribution in [1.82, 2.24) is 0 Å². The third-order valence-corrected chi connectivity index (χ3v) is 7.72. The monoisotopic (exact) mass is 386 g/mol. The van der Waals surface area contributed by atoms with Crippen molar-refractivity contribution < 1.29 is 26.7 Å². The van der Waals surface area contributed by atoms with E-state index < -0.39 is 38.8 Å². The van der Waals surface area contributed by atoms with Gasteiger partial charge in [0.25, 0.3) is 6.43 Å². The minimum atomic E-state index is -3.61. The van der Waals surface area contributed by atoms with Crippen LogP contribution < -0.4 is 10.5 Å². The number of benzene rings is 1. The van der Waals surface area contributed by atoms with Gasteiger partial charge >= 0.3 is 0 Å². The van der Waals surface area contributed by atoms with E-state index in [9.17, 15) is 22.0 Å². The summed E-state index contributed by atoms with van der Waals surface area (Å²) in [6, 6.07) is 4.61. The normalized spacial score (nSPS) is 26.1. The zero-order valence-corrected chi connectivity index (χ0v) is 15.3. The average molecular weight is 386 g/mol. The van der Waals surface area contributed by atoms with Crippen LogP contribution in [0.25, 0.3) is 0 Å². The second-order valence-electron chi connectivity index (χ2n) is 7.17. The molecule has 0 saturated carbocycles. The highest BCUT2D eigenvalue weighted by Gasteiger charge is 2.52. The Balaban J connectivity index is 2.11. The predicted molar refractivity (Wildman–Crippen MR) is 92.4 cm³/mol. The number of aliphatic imine (C=N–C) groups is 1. The zero-order valence-electron chi connectivity index (χ0n) is 14.5. The summed E-state index contributed by atoms with van der Waals surface area (Å²) in [7, 11) is -3.61. The van der Waals surface area contributed by atoms with Crippen molar-refractivity contribution in [2.24, 2.45) is 10.7 Å². The van der Waals surface area contributed by atoms with Crippen LogP contribution in [-0.4, -0.2) is 43.6 Å². The van der Waals surface area contributed by atoms with Crippen LogP contribution in [0.2, 0.25) is 0 Å². The number of hydrogen-bond donors (Lipinski definition) is 1. The number of amidine groups is 1. The highest BCUT2D eigenvalue weighted by molar-refractivity contribution is 7.93. The van der Waals surface area contributed by atoms with Gasteiger partial charge in [0.15, 0.2) is 9.84 Å². The minimum absolute atomic E-state index is 0.00524. The molecular weight excluding hydrogens is 366 g/mol. The fourth-order valence-corrected chi connectivity index (χ4v) is 4.96. The van der Waals surface area contributed by atoms with E-state index in [1.54, 1.807) is 6.07 Å². The summed E-state index contributed by atoms with van der Waals surface area (Å²) in [4.78, 5) is 15.9. The van der Waals surface area contributed by atoms with E-state index in [0.29, 0.717) is 23.3 Å². The van der Waals surface area contributed by atoms with Crippen molar-refractivity contribution in [2.75, 3.05) is 12.4 Å². The number of ketones is 1. The second kappa shape index (κ2) is 6.00. The quantitative estimate of drug-likeness (QED) is 0.851. The topological polar surface area (TPSA) is 98.8 Å². The first-order valence-electron chi connectivity index (χ1n) is 8.14. The molecule has 0 unspecified atom stereocenters. The molecule has 0 radical (unpaired) electrons. The Morgan fingerprint density at radius 3 is 2.69 bits per heavy atom. The minimum Gasteiger partial charge on any atom is -0.493 e. The number of hydrogen-bond acceptors (Lipinski definition) is 6. The van der Waals surface area contributed by atoms with Gasteiger partial charge in [0.05, 0.1) is 12.4 Å². The molecule has 0 amide bonds. The molecule has 1 aromatic rings. The van der Waals surface area contributed by atoms with Crippen LogP contribution in [0.1, 0.15) is 31.4 Å². The molecule has 0 fully saturated rings. The summed E-state index contributed by atoms with van der Waals surface area (Å²) in [6.45, 7) is 3.27. The summed E-state index contributed by atoms with van der Waals surface area (Å²) < 4.78 is 55.0. The van der Waals surface area contributed by atoms with Gasteiger partial charge in [-0.1, -0.05) is 6.07 Å². The Kier molecular flexibility index (Phi) is 4.33. The van der Waals surface area contributed by atoms with Crippen molar-refractivity contribution in [1.29, 1.82) is 0 Å². The number of nitrogens with two attached hydrogens (primary N) is 1. The molecule has 3 rings (SSSR count). The van der Waals surface area contributed by atoms with Crippen LogP contribution in [0.4, 0.5) is 8.78 Å². The fraction of sp³-hybridized carbons (Fsp3) is 0.529. The number of Topliss-reactive ketones (excluding diaryl/α,β-unsaturated/α-hetero) is 1. The number of fused-ring (bicyclic) bond motifs is 2. The third kappa shape index (κ3) is 2.87. The van der Waals surface area contributed by atoms with Crippen LogP contribution in [0, 0.1) is 0 Å². The first-order chi connectivity index (χ1) is 12.0. The molecule has 2 N–H and O–H groups in total. The molecule has 0 bridgehead atoms. The lowest BCUT2D eigenvalue weighted by Gasteiger charge is -2.42. The largest absolute Gasteiger partial charge is 0.493 e. The van der Waals surface area contributed by atoms with Gasteiger partial charge < -0.3 is 10.5 Å². The van der Waals surface area contributed by atoms with Gasteiger partial charge in [-0.2, -0.15) is 0 Å². The molecule has 1 aromatic carbocycles. The average Bonchev–Trinajstić information content (AvgIpc) is 2.53. The van der Waals surface area contributed by atoms with Gasteiger partial charge in [-0.15, -0.1) is 0 Å². The number of carbonyl (C=O) groups is 1. The van der Waals surface area contributed by atoms with Gasteiger partial charge in [0, 0.05) is 18.4 Å². The van der Waals surface area contributed by atoms with Gasteiger partial charge in [0.1, 0.15) is 21.9 Å². The predicted octanol–water partition coefficient (Wildman–Crippen LogP) is 1.61. The number of alkyl halides is 2. The number of nitrogens with zero attached hydrogens (tertiary/aromatic N) is 1. The first kappa shape index (κ1) is 18.8. The van der Waals surface area contributed by atoms with Crippen LogP contribution in [0.5, 0.6) is 5.75 Å². The summed E-state index contributed by atoms with van der Waals surface area (Å²) in [6.07, 6.45) is -3.21. The molecule has 142 valence electrons. The lowest BCUT2D eigenvalue weighted by atomic mass is 9.84. The molecule has 0 aliphatic carbocycles. The van der Waals surface area contributed by atoms with E-state index in [0.717, 1.165) is 0 Å². The molecule has 6 nitrogen and oxygen atoms in total. The number of ether oxygens (including phenoxy) is 1. The molecular formula is C17H20F2N2O4S. The van der Waals surface area contributed by atoms with E-state index in [-0.39, 0.29) is 18.2 Å². The maximum atomic E-state index is 12.8. The molecule has 2 aliphatic rings. The van der Waals surface area contributed by atoms with Crippen molar-refractivity contribution in [3.63, 3.8) is 0 Å². The Bertz CT molecular complexity index is 896. The van der Waals surface area contributed by atoms with Gasteiger partial charge in [0.2, 0.25) is 5.78 Å². The first-order valence-corrected chi connectivity index (χ1v) is 9.79. The highest BCUT2D eigenvalue weighted by Crippen LogP contribution is 2.45.